The molecule has 0 bridgehead atoms. The minimum Gasteiger partial charge on any atom is -0.352 e. The fraction of sp³-hybridized carbons (Fsp3) is 0.391. The number of nitrogens with zero attached hydrogens (tertiary/aromatic N) is 3. The quantitative estimate of drug-likeness (QED) is 0.610. The Hall–Kier alpha value is -2.71. The van der Waals surface area contributed by atoms with Crippen molar-refractivity contribution in [1.29, 1.82) is 0 Å². The number of fused-ring (bicyclic) bond motifs is 1. The molecule has 0 atom stereocenters. The van der Waals surface area contributed by atoms with Crippen molar-refractivity contribution < 1.29 is 13.2 Å². The van der Waals surface area contributed by atoms with Crippen LogP contribution in [0.5, 0.6) is 0 Å². The van der Waals surface area contributed by atoms with Gasteiger partial charge in [0.2, 0.25) is 10.0 Å². The lowest BCUT2D eigenvalue weighted by Crippen LogP contribution is -2.28. The molecule has 0 spiro atoms. The fourth-order valence-corrected chi connectivity index (χ4v) is 5.61. The molecule has 1 N–H and O–H groups in total. The molecule has 8 heteroatoms. The van der Waals surface area contributed by atoms with Crippen molar-refractivity contribution in [2.45, 2.75) is 44.0 Å². The van der Waals surface area contributed by atoms with Gasteiger partial charge in [0.25, 0.3) is 5.91 Å². The Morgan fingerprint density at radius 1 is 1.06 bits per heavy atom. The predicted octanol–water partition coefficient (Wildman–Crippen LogP) is 3.37. The largest absolute Gasteiger partial charge is 0.352 e. The molecule has 2 heterocycles. The van der Waals surface area contributed by atoms with Crippen LogP contribution in [0.25, 0.3) is 11.0 Å². The lowest BCUT2D eigenvalue weighted by Gasteiger charge is -2.15. The van der Waals surface area contributed by atoms with Crippen molar-refractivity contribution in [3.8, 4) is 0 Å². The number of amides is 1. The van der Waals surface area contributed by atoms with E-state index in [-0.39, 0.29) is 16.8 Å². The normalized spacial score (nSPS) is 15.1. The molecule has 1 amide bonds. The number of imidazole rings is 1. The van der Waals surface area contributed by atoms with Gasteiger partial charge in [0.1, 0.15) is 5.82 Å². The lowest BCUT2D eigenvalue weighted by molar-refractivity contribution is 0.0954. The molecule has 1 saturated heterocycles. The molecule has 2 aromatic carbocycles. The summed E-state index contributed by atoms with van der Waals surface area (Å²) >= 11 is 0. The third-order valence-corrected chi connectivity index (χ3v) is 7.55. The Bertz CT molecular complexity index is 1180. The Labute approximate surface area is 183 Å². The van der Waals surface area contributed by atoms with Crippen molar-refractivity contribution in [3.63, 3.8) is 0 Å². The first-order chi connectivity index (χ1) is 14.9. The van der Waals surface area contributed by atoms with Crippen LogP contribution >= 0.6 is 0 Å². The van der Waals surface area contributed by atoms with E-state index in [1.807, 2.05) is 18.2 Å². The standard InChI is InChI=1S/C23H28N4O3S/c1-17(2)27-21-8-4-3-7-20(21)25-22(27)13-14-24-23(28)18-9-11-19(12-10-18)31(29,30)26-15-5-6-16-26/h3-4,7-12,17H,5-6,13-16H2,1-2H3,(H,24,28). The van der Waals surface area contributed by atoms with Crippen molar-refractivity contribution >= 4 is 27.0 Å². The first-order valence-corrected chi connectivity index (χ1v) is 12.2. The molecule has 4 rings (SSSR count). The van der Waals surface area contributed by atoms with E-state index in [1.54, 1.807) is 12.1 Å². The molecule has 1 aliphatic rings. The van der Waals surface area contributed by atoms with E-state index >= 15 is 0 Å². The molecule has 0 aliphatic carbocycles. The third-order valence-electron chi connectivity index (χ3n) is 5.64. The number of aromatic nitrogens is 2. The molecule has 1 fully saturated rings. The second kappa shape index (κ2) is 8.80. The van der Waals surface area contributed by atoms with Crippen LogP contribution in [-0.4, -0.2) is 47.8 Å². The Kier molecular flexibility index (Phi) is 6.11. The number of para-hydroxylation sites is 2. The summed E-state index contributed by atoms with van der Waals surface area (Å²) < 4.78 is 28.9. The smallest absolute Gasteiger partial charge is 0.251 e. The second-order valence-electron chi connectivity index (χ2n) is 8.12. The summed E-state index contributed by atoms with van der Waals surface area (Å²) in [7, 11) is -3.47. The number of rotatable bonds is 7. The van der Waals surface area contributed by atoms with E-state index in [9.17, 15) is 13.2 Å². The van der Waals surface area contributed by atoms with Gasteiger partial charge < -0.3 is 9.88 Å². The van der Waals surface area contributed by atoms with Crippen LogP contribution in [0.1, 0.15) is 48.9 Å². The van der Waals surface area contributed by atoms with Gasteiger partial charge >= 0.3 is 0 Å². The molecule has 0 radical (unpaired) electrons. The summed E-state index contributed by atoms with van der Waals surface area (Å²) in [5.74, 6) is 0.709. The van der Waals surface area contributed by atoms with Crippen molar-refractivity contribution in [1.82, 2.24) is 19.2 Å². The number of hydrogen-bond acceptors (Lipinski definition) is 4. The van der Waals surface area contributed by atoms with E-state index in [1.165, 1.54) is 16.4 Å². The minimum atomic E-state index is -3.47. The van der Waals surface area contributed by atoms with Gasteiger partial charge in [-0.2, -0.15) is 4.31 Å². The first-order valence-electron chi connectivity index (χ1n) is 10.7. The molecular formula is C23H28N4O3S. The third kappa shape index (κ3) is 4.36. The monoisotopic (exact) mass is 440 g/mol. The molecule has 0 saturated carbocycles. The van der Waals surface area contributed by atoms with Crippen LogP contribution in [0, 0.1) is 0 Å². The number of carbonyl (C=O) groups excluding carboxylic acids is 1. The number of hydrogen-bond donors (Lipinski definition) is 1. The second-order valence-corrected chi connectivity index (χ2v) is 10.1. The first kappa shape index (κ1) is 21.5. The number of benzene rings is 2. The predicted molar refractivity (Wildman–Crippen MR) is 121 cm³/mol. The molecule has 3 aromatic rings. The Morgan fingerprint density at radius 3 is 2.42 bits per heavy atom. The van der Waals surface area contributed by atoms with Gasteiger partial charge in [-0.25, -0.2) is 13.4 Å². The maximum Gasteiger partial charge on any atom is 0.251 e. The minimum absolute atomic E-state index is 0.225. The van der Waals surface area contributed by atoms with Crippen LogP contribution in [0.4, 0.5) is 0 Å². The van der Waals surface area contributed by atoms with Crippen LogP contribution in [-0.2, 0) is 16.4 Å². The zero-order valence-electron chi connectivity index (χ0n) is 17.9. The number of carbonyl (C=O) groups is 1. The summed E-state index contributed by atoms with van der Waals surface area (Å²) in [4.78, 5) is 17.5. The van der Waals surface area contributed by atoms with Gasteiger partial charge in [-0.1, -0.05) is 12.1 Å². The Morgan fingerprint density at radius 2 is 1.74 bits per heavy atom. The molecule has 31 heavy (non-hydrogen) atoms. The number of nitrogens with one attached hydrogen (secondary N) is 1. The maximum atomic E-state index is 12.6. The van der Waals surface area contributed by atoms with Crippen molar-refractivity contribution in [3.05, 3.63) is 59.9 Å². The highest BCUT2D eigenvalue weighted by atomic mass is 32.2. The highest BCUT2D eigenvalue weighted by Crippen LogP contribution is 2.22. The molecule has 164 valence electrons. The molecule has 1 aliphatic heterocycles. The van der Waals surface area contributed by atoms with E-state index in [0.29, 0.717) is 31.6 Å². The summed E-state index contributed by atoms with van der Waals surface area (Å²) in [6, 6.07) is 14.5. The average molecular weight is 441 g/mol. The van der Waals surface area contributed by atoms with Crippen LogP contribution in [0.15, 0.2) is 53.4 Å². The van der Waals surface area contributed by atoms with Crippen molar-refractivity contribution in [2.24, 2.45) is 0 Å². The van der Waals surface area contributed by atoms with E-state index in [2.05, 4.69) is 29.8 Å². The van der Waals surface area contributed by atoms with Crippen molar-refractivity contribution in [2.75, 3.05) is 19.6 Å². The molecule has 1 aromatic heterocycles. The highest BCUT2D eigenvalue weighted by Gasteiger charge is 2.27. The number of sulfonamides is 1. The van der Waals surface area contributed by atoms with E-state index in [4.69, 9.17) is 4.98 Å². The van der Waals surface area contributed by atoms with E-state index < -0.39 is 10.0 Å². The summed E-state index contributed by atoms with van der Waals surface area (Å²) in [5.41, 5.74) is 2.48. The maximum absolute atomic E-state index is 12.6. The van der Waals surface area contributed by atoms with Gasteiger partial charge in [-0.3, -0.25) is 4.79 Å². The van der Waals surface area contributed by atoms with E-state index in [0.717, 1.165) is 29.7 Å². The Balaban J connectivity index is 1.41. The molecular weight excluding hydrogens is 412 g/mol. The van der Waals surface area contributed by atoms with Gasteiger partial charge in [0.15, 0.2) is 0 Å². The topological polar surface area (TPSA) is 84.3 Å². The average Bonchev–Trinajstić information content (AvgIpc) is 3.42. The zero-order valence-corrected chi connectivity index (χ0v) is 18.7. The fourth-order valence-electron chi connectivity index (χ4n) is 4.09. The van der Waals surface area contributed by atoms with Crippen LogP contribution in [0.3, 0.4) is 0 Å². The molecule has 7 nitrogen and oxygen atoms in total. The van der Waals surface area contributed by atoms with Crippen LogP contribution < -0.4 is 5.32 Å². The van der Waals surface area contributed by atoms with Gasteiger partial charge in [0.05, 0.1) is 15.9 Å². The lowest BCUT2D eigenvalue weighted by atomic mass is 10.2. The highest BCUT2D eigenvalue weighted by molar-refractivity contribution is 7.89. The summed E-state index contributed by atoms with van der Waals surface area (Å²) in [6.07, 6.45) is 2.40. The van der Waals surface area contributed by atoms with Crippen LogP contribution in [0.2, 0.25) is 0 Å². The zero-order chi connectivity index (χ0) is 22.0. The summed E-state index contributed by atoms with van der Waals surface area (Å²) in [6.45, 7) is 5.81. The summed E-state index contributed by atoms with van der Waals surface area (Å²) in [5, 5.41) is 2.92. The van der Waals surface area contributed by atoms with Gasteiger partial charge in [0, 0.05) is 37.7 Å². The SMILES string of the molecule is CC(C)n1c(CCNC(=O)c2ccc(S(=O)(=O)N3CCCC3)cc2)nc2ccccc21. The van der Waals surface area contributed by atoms with Gasteiger partial charge in [-0.05, 0) is 63.1 Å². The van der Waals surface area contributed by atoms with Gasteiger partial charge in [-0.15, -0.1) is 0 Å². The molecule has 0 unspecified atom stereocenters.